The quantitative estimate of drug-likeness (QED) is 0.650. The number of nitrogens with one attached hydrogen (secondary N) is 1. The number of aromatic nitrogens is 4. The summed E-state index contributed by atoms with van der Waals surface area (Å²) in [7, 11) is 0. The van der Waals surface area contributed by atoms with Crippen molar-refractivity contribution in [1.82, 2.24) is 24.9 Å². The zero-order valence-electron chi connectivity index (χ0n) is 14.7. The van der Waals surface area contributed by atoms with E-state index in [1.54, 1.807) is 33.8 Å². The maximum atomic E-state index is 12.1. The molecule has 4 rings (SSSR count). The summed E-state index contributed by atoms with van der Waals surface area (Å²) >= 11 is 7.35. The number of amides is 1. The van der Waals surface area contributed by atoms with Crippen molar-refractivity contribution in [3.05, 3.63) is 81.9 Å². The van der Waals surface area contributed by atoms with Crippen LogP contribution in [0.2, 0.25) is 0 Å². The number of hydrogen-bond acceptors (Lipinski definition) is 5. The molecule has 2 aromatic heterocycles. The first-order valence-corrected chi connectivity index (χ1v) is 9.90. The molecule has 7 nitrogen and oxygen atoms in total. The lowest BCUT2D eigenvalue weighted by atomic mass is 10.2. The molecule has 0 spiro atoms. The van der Waals surface area contributed by atoms with E-state index >= 15 is 0 Å². The Bertz CT molecular complexity index is 1110. The third-order valence-corrected chi connectivity index (χ3v) is 5.63. The normalized spacial score (nSPS) is 16.0. The van der Waals surface area contributed by atoms with Gasteiger partial charge in [0.05, 0.1) is 33.7 Å². The number of halogens is 1. The summed E-state index contributed by atoms with van der Waals surface area (Å²) < 4.78 is 3.08. The molecule has 0 saturated heterocycles. The van der Waals surface area contributed by atoms with E-state index in [-0.39, 0.29) is 22.7 Å². The molecule has 1 aliphatic heterocycles. The molecule has 3 heterocycles. The van der Waals surface area contributed by atoms with Gasteiger partial charge in [-0.05, 0) is 30.7 Å². The van der Waals surface area contributed by atoms with E-state index in [1.165, 1.54) is 17.8 Å². The number of rotatable bonds is 5. The molecule has 0 fully saturated rings. The number of hydrogen-bond donors (Lipinski definition) is 1. The van der Waals surface area contributed by atoms with Crippen molar-refractivity contribution >= 4 is 29.3 Å². The summed E-state index contributed by atoms with van der Waals surface area (Å²) in [5.41, 5.74) is 2.01. The molecule has 1 aliphatic rings. The highest BCUT2D eigenvalue weighted by Gasteiger charge is 2.20. The Labute approximate surface area is 170 Å². The van der Waals surface area contributed by atoms with Crippen LogP contribution in [0.3, 0.4) is 0 Å². The molecule has 142 valence electrons. The Hall–Kier alpha value is -2.84. The first-order chi connectivity index (χ1) is 13.6. The molecule has 0 bridgehead atoms. The Morgan fingerprint density at radius 3 is 2.89 bits per heavy atom. The number of thioether (sulfide) groups is 1. The van der Waals surface area contributed by atoms with Crippen molar-refractivity contribution in [2.24, 2.45) is 0 Å². The molecule has 0 saturated carbocycles. The minimum absolute atomic E-state index is 0.0778. The summed E-state index contributed by atoms with van der Waals surface area (Å²) in [5, 5.41) is 11.0. The average Bonchev–Trinajstić information content (AvgIpc) is 3.36. The van der Waals surface area contributed by atoms with Crippen LogP contribution in [0.15, 0.2) is 70.6 Å². The predicted octanol–water partition coefficient (Wildman–Crippen LogP) is 2.62. The molecule has 1 unspecified atom stereocenters. The number of carbonyl (C=O) groups is 1. The van der Waals surface area contributed by atoms with Gasteiger partial charge in [-0.1, -0.05) is 23.4 Å². The van der Waals surface area contributed by atoms with E-state index in [1.807, 2.05) is 30.3 Å². The van der Waals surface area contributed by atoms with E-state index in [9.17, 15) is 9.59 Å². The van der Waals surface area contributed by atoms with Crippen molar-refractivity contribution in [2.45, 2.75) is 17.7 Å². The van der Waals surface area contributed by atoms with Crippen molar-refractivity contribution < 1.29 is 4.79 Å². The average molecular weight is 414 g/mol. The molecule has 1 atom stereocenters. The minimum atomic E-state index is -0.159. The number of carbonyl (C=O) groups excluding carboxylic acids is 1. The SMILES string of the molecule is O=C(NCc1cn(-c2cccc(-n3ccccc3=O)c2)nn1)C1=CCC(Cl)S1. The summed E-state index contributed by atoms with van der Waals surface area (Å²) in [6.07, 6.45) is 5.98. The van der Waals surface area contributed by atoms with Crippen molar-refractivity contribution in [3.8, 4) is 11.4 Å². The van der Waals surface area contributed by atoms with Crippen molar-refractivity contribution in [1.29, 1.82) is 0 Å². The molecule has 3 aromatic rings. The molecule has 1 aromatic carbocycles. The molecule has 1 N–H and O–H groups in total. The fourth-order valence-electron chi connectivity index (χ4n) is 2.77. The van der Waals surface area contributed by atoms with E-state index in [4.69, 9.17) is 11.6 Å². The molecule has 9 heteroatoms. The van der Waals surface area contributed by atoms with Gasteiger partial charge in [0.25, 0.3) is 11.5 Å². The van der Waals surface area contributed by atoms with Crippen LogP contribution in [0.5, 0.6) is 0 Å². The summed E-state index contributed by atoms with van der Waals surface area (Å²) in [6.45, 7) is 0.265. The van der Waals surface area contributed by atoms with Crippen LogP contribution in [0.25, 0.3) is 11.4 Å². The second-order valence-electron chi connectivity index (χ2n) is 6.10. The number of benzene rings is 1. The van der Waals surface area contributed by atoms with E-state index in [0.717, 1.165) is 11.4 Å². The Morgan fingerprint density at radius 1 is 1.25 bits per heavy atom. The molecular formula is C19H16ClN5O2S. The zero-order valence-corrected chi connectivity index (χ0v) is 16.2. The van der Waals surface area contributed by atoms with Gasteiger partial charge in [0, 0.05) is 12.3 Å². The third kappa shape index (κ3) is 4.02. The predicted molar refractivity (Wildman–Crippen MR) is 109 cm³/mol. The number of pyridine rings is 1. The van der Waals surface area contributed by atoms with Gasteiger partial charge < -0.3 is 5.32 Å². The molecular weight excluding hydrogens is 398 g/mol. The minimum Gasteiger partial charge on any atom is -0.346 e. The highest BCUT2D eigenvalue weighted by molar-refractivity contribution is 8.05. The maximum Gasteiger partial charge on any atom is 0.257 e. The standard InChI is InChI=1S/C19H16ClN5O2S/c20-17-8-7-16(28-17)19(27)21-11-13-12-25(23-22-13)15-5-3-4-14(10-15)24-9-2-1-6-18(24)26/h1-7,9-10,12,17H,8,11H2,(H,21,27). The zero-order chi connectivity index (χ0) is 19.5. The van der Waals surface area contributed by atoms with Gasteiger partial charge in [-0.2, -0.15) is 0 Å². The Morgan fingerprint density at radius 2 is 2.11 bits per heavy atom. The van der Waals surface area contributed by atoms with E-state index in [2.05, 4.69) is 15.6 Å². The largest absolute Gasteiger partial charge is 0.346 e. The van der Waals surface area contributed by atoms with E-state index < -0.39 is 0 Å². The first kappa shape index (κ1) is 18.5. The molecule has 28 heavy (non-hydrogen) atoms. The molecule has 0 aliphatic carbocycles. The summed E-state index contributed by atoms with van der Waals surface area (Å²) in [6, 6.07) is 12.4. The second-order valence-corrected chi connectivity index (χ2v) is 8.13. The Balaban J connectivity index is 1.47. The smallest absolute Gasteiger partial charge is 0.257 e. The van der Waals surface area contributed by atoms with Gasteiger partial charge in [0.1, 0.15) is 5.69 Å². The van der Waals surface area contributed by atoms with Gasteiger partial charge >= 0.3 is 0 Å². The van der Waals surface area contributed by atoms with Crippen LogP contribution >= 0.6 is 23.4 Å². The lowest BCUT2D eigenvalue weighted by molar-refractivity contribution is -0.117. The van der Waals surface area contributed by atoms with Gasteiger partial charge in [0.2, 0.25) is 0 Å². The van der Waals surface area contributed by atoms with Crippen LogP contribution in [0.4, 0.5) is 0 Å². The fourth-order valence-corrected chi connectivity index (χ4v) is 3.99. The fraction of sp³-hybridized carbons (Fsp3) is 0.158. The lowest BCUT2D eigenvalue weighted by Crippen LogP contribution is -2.23. The number of allylic oxidation sites excluding steroid dienone is 1. The van der Waals surface area contributed by atoms with E-state index in [0.29, 0.717) is 17.0 Å². The van der Waals surface area contributed by atoms with Gasteiger partial charge in [-0.15, -0.1) is 28.5 Å². The van der Waals surface area contributed by atoms with Crippen LogP contribution in [-0.4, -0.2) is 30.2 Å². The second kappa shape index (κ2) is 8.04. The highest BCUT2D eigenvalue weighted by Crippen LogP contribution is 2.34. The highest BCUT2D eigenvalue weighted by atomic mass is 35.5. The van der Waals surface area contributed by atoms with Crippen molar-refractivity contribution in [3.63, 3.8) is 0 Å². The topological polar surface area (TPSA) is 81.8 Å². The summed E-state index contributed by atoms with van der Waals surface area (Å²) in [5.74, 6) is -0.159. The van der Waals surface area contributed by atoms with Crippen LogP contribution < -0.4 is 10.9 Å². The van der Waals surface area contributed by atoms with Gasteiger partial charge in [-0.3, -0.25) is 14.2 Å². The molecule has 0 radical (unpaired) electrons. The van der Waals surface area contributed by atoms with Crippen LogP contribution in [0, 0.1) is 0 Å². The van der Waals surface area contributed by atoms with Crippen molar-refractivity contribution in [2.75, 3.05) is 0 Å². The first-order valence-electron chi connectivity index (χ1n) is 8.59. The Kier molecular flexibility index (Phi) is 5.31. The molecule has 1 amide bonds. The summed E-state index contributed by atoms with van der Waals surface area (Å²) in [4.78, 5) is 24.8. The van der Waals surface area contributed by atoms with Crippen LogP contribution in [-0.2, 0) is 11.3 Å². The number of alkyl halides is 1. The number of nitrogens with zero attached hydrogens (tertiary/aromatic N) is 4. The monoisotopic (exact) mass is 413 g/mol. The van der Waals surface area contributed by atoms with Gasteiger partial charge in [0.15, 0.2) is 0 Å². The van der Waals surface area contributed by atoms with Crippen LogP contribution in [0.1, 0.15) is 12.1 Å². The lowest BCUT2D eigenvalue weighted by Gasteiger charge is -2.07. The van der Waals surface area contributed by atoms with Gasteiger partial charge in [-0.25, -0.2) is 4.68 Å². The third-order valence-electron chi connectivity index (χ3n) is 4.13. The maximum absolute atomic E-state index is 12.1.